The van der Waals surface area contributed by atoms with Crippen molar-refractivity contribution >= 4 is 33.3 Å². The standard InChI is InChI=1S/C24H31N3O5S/c1-17-8-10-19(24(29)32-3)14-21(17)25-16-23(28)26-20-11-9-18(2)22(15-20)33(30,31)27-12-6-4-5-7-13-27/h8-11,14-15,25H,4-7,12-13,16H2,1-3H3,(H,26,28). The third-order valence-electron chi connectivity index (χ3n) is 5.75. The van der Waals surface area contributed by atoms with Crippen molar-refractivity contribution in [3.05, 3.63) is 53.1 Å². The Morgan fingerprint density at radius 2 is 1.64 bits per heavy atom. The van der Waals surface area contributed by atoms with E-state index in [1.807, 2.05) is 6.92 Å². The van der Waals surface area contributed by atoms with E-state index in [4.69, 9.17) is 4.74 Å². The molecule has 8 nitrogen and oxygen atoms in total. The molecule has 2 aromatic carbocycles. The number of carbonyl (C=O) groups excluding carboxylic acids is 2. The van der Waals surface area contributed by atoms with Crippen LogP contribution in [0.15, 0.2) is 41.3 Å². The SMILES string of the molecule is COC(=O)c1ccc(C)c(NCC(=O)Nc2ccc(C)c(S(=O)(=O)N3CCCCCC3)c2)c1. The second-order valence-electron chi connectivity index (χ2n) is 8.22. The number of esters is 1. The number of hydrogen-bond acceptors (Lipinski definition) is 6. The van der Waals surface area contributed by atoms with Gasteiger partial charge in [0, 0.05) is 24.5 Å². The Labute approximate surface area is 195 Å². The Bertz CT molecular complexity index is 1120. The van der Waals surface area contributed by atoms with Crippen LogP contribution in [0.2, 0.25) is 0 Å². The van der Waals surface area contributed by atoms with Gasteiger partial charge in [0.1, 0.15) is 0 Å². The van der Waals surface area contributed by atoms with E-state index in [0.29, 0.717) is 35.6 Å². The van der Waals surface area contributed by atoms with Crippen molar-refractivity contribution in [2.45, 2.75) is 44.4 Å². The van der Waals surface area contributed by atoms with E-state index in [1.165, 1.54) is 13.2 Å². The van der Waals surface area contributed by atoms with Crippen LogP contribution < -0.4 is 10.6 Å². The van der Waals surface area contributed by atoms with Gasteiger partial charge in [-0.2, -0.15) is 4.31 Å². The molecule has 33 heavy (non-hydrogen) atoms. The minimum atomic E-state index is -3.63. The van der Waals surface area contributed by atoms with Gasteiger partial charge in [-0.05, 0) is 62.1 Å². The number of sulfonamides is 1. The molecule has 1 saturated heterocycles. The average Bonchev–Trinajstić information content (AvgIpc) is 3.09. The van der Waals surface area contributed by atoms with Crippen molar-refractivity contribution in [1.82, 2.24) is 4.31 Å². The lowest BCUT2D eigenvalue weighted by atomic mass is 10.1. The highest BCUT2D eigenvalue weighted by Gasteiger charge is 2.27. The van der Waals surface area contributed by atoms with E-state index in [9.17, 15) is 18.0 Å². The first kappa shape index (κ1) is 24.7. The smallest absolute Gasteiger partial charge is 0.337 e. The summed E-state index contributed by atoms with van der Waals surface area (Å²) in [5, 5.41) is 5.78. The van der Waals surface area contributed by atoms with Gasteiger partial charge >= 0.3 is 5.97 Å². The van der Waals surface area contributed by atoms with Gasteiger partial charge in [0.2, 0.25) is 15.9 Å². The van der Waals surface area contributed by atoms with E-state index in [2.05, 4.69) is 10.6 Å². The molecule has 1 heterocycles. The quantitative estimate of drug-likeness (QED) is 0.594. The largest absolute Gasteiger partial charge is 0.465 e. The van der Waals surface area contributed by atoms with Crippen LogP contribution in [0.4, 0.5) is 11.4 Å². The molecule has 2 N–H and O–H groups in total. The van der Waals surface area contributed by atoms with Crippen molar-refractivity contribution in [3.8, 4) is 0 Å². The number of aryl methyl sites for hydroxylation is 2. The predicted octanol–water partition coefficient (Wildman–Crippen LogP) is 3.71. The molecule has 0 saturated carbocycles. The fourth-order valence-corrected chi connectivity index (χ4v) is 5.58. The van der Waals surface area contributed by atoms with Crippen LogP contribution >= 0.6 is 0 Å². The van der Waals surface area contributed by atoms with Crippen LogP contribution in [0.5, 0.6) is 0 Å². The van der Waals surface area contributed by atoms with Gasteiger partial charge in [0.05, 0.1) is 24.1 Å². The lowest BCUT2D eigenvalue weighted by Gasteiger charge is -2.21. The number of carbonyl (C=O) groups is 2. The molecule has 3 rings (SSSR count). The number of amides is 1. The topological polar surface area (TPSA) is 105 Å². The second-order valence-corrected chi connectivity index (χ2v) is 10.1. The maximum Gasteiger partial charge on any atom is 0.337 e. The summed E-state index contributed by atoms with van der Waals surface area (Å²) in [6, 6.07) is 9.98. The summed E-state index contributed by atoms with van der Waals surface area (Å²) in [6.45, 7) is 4.61. The van der Waals surface area contributed by atoms with Crippen LogP contribution in [0.25, 0.3) is 0 Å². The maximum atomic E-state index is 13.2. The molecule has 1 aliphatic heterocycles. The van der Waals surface area contributed by atoms with Gasteiger partial charge < -0.3 is 15.4 Å². The van der Waals surface area contributed by atoms with Crippen LogP contribution in [0, 0.1) is 13.8 Å². The number of benzene rings is 2. The molecule has 1 fully saturated rings. The molecule has 1 aliphatic rings. The third kappa shape index (κ3) is 6.11. The van der Waals surface area contributed by atoms with Crippen molar-refractivity contribution in [2.24, 2.45) is 0 Å². The molecule has 0 spiro atoms. The Morgan fingerprint density at radius 1 is 0.970 bits per heavy atom. The number of rotatable bonds is 7. The van der Waals surface area contributed by atoms with E-state index in [1.54, 1.807) is 41.6 Å². The van der Waals surface area contributed by atoms with Gasteiger partial charge in [0.25, 0.3) is 0 Å². The summed E-state index contributed by atoms with van der Waals surface area (Å²) < 4.78 is 32.7. The Kier molecular flexibility index (Phi) is 8.10. The Morgan fingerprint density at radius 3 is 2.30 bits per heavy atom. The lowest BCUT2D eigenvalue weighted by Crippen LogP contribution is -2.32. The van der Waals surface area contributed by atoms with Crippen LogP contribution in [0.3, 0.4) is 0 Å². The number of hydrogen-bond donors (Lipinski definition) is 2. The first-order valence-corrected chi connectivity index (χ1v) is 12.5. The Hall–Kier alpha value is -2.91. The fraction of sp³-hybridized carbons (Fsp3) is 0.417. The normalized spacial score (nSPS) is 14.9. The van der Waals surface area contributed by atoms with Crippen LogP contribution in [0.1, 0.15) is 47.2 Å². The van der Waals surface area contributed by atoms with Crippen molar-refractivity contribution in [2.75, 3.05) is 37.4 Å². The van der Waals surface area contributed by atoms with E-state index < -0.39 is 16.0 Å². The molecule has 0 aliphatic carbocycles. The van der Waals surface area contributed by atoms with Gasteiger partial charge in [-0.1, -0.05) is 25.0 Å². The first-order valence-electron chi connectivity index (χ1n) is 11.1. The monoisotopic (exact) mass is 473 g/mol. The summed E-state index contributed by atoms with van der Waals surface area (Å²) in [5.41, 5.74) is 2.96. The summed E-state index contributed by atoms with van der Waals surface area (Å²) in [5.74, 6) is -0.792. The van der Waals surface area contributed by atoms with Crippen molar-refractivity contribution in [1.29, 1.82) is 0 Å². The second kappa shape index (κ2) is 10.8. The Balaban J connectivity index is 1.70. The summed E-state index contributed by atoms with van der Waals surface area (Å²) in [6.07, 6.45) is 3.79. The minimum Gasteiger partial charge on any atom is -0.465 e. The number of ether oxygens (including phenoxy) is 1. The predicted molar refractivity (Wildman–Crippen MR) is 128 cm³/mol. The molecule has 0 aromatic heterocycles. The summed E-state index contributed by atoms with van der Waals surface area (Å²) >= 11 is 0. The third-order valence-corrected chi connectivity index (χ3v) is 7.79. The molecule has 178 valence electrons. The van der Waals surface area contributed by atoms with Gasteiger partial charge in [-0.15, -0.1) is 0 Å². The van der Waals surface area contributed by atoms with Crippen molar-refractivity contribution in [3.63, 3.8) is 0 Å². The molecule has 0 unspecified atom stereocenters. The van der Waals surface area contributed by atoms with E-state index in [-0.39, 0.29) is 17.3 Å². The molecular weight excluding hydrogens is 442 g/mol. The van der Waals surface area contributed by atoms with Gasteiger partial charge in [0.15, 0.2) is 0 Å². The van der Waals surface area contributed by atoms with Crippen molar-refractivity contribution < 1.29 is 22.7 Å². The minimum absolute atomic E-state index is 0.0481. The molecule has 2 aromatic rings. The lowest BCUT2D eigenvalue weighted by molar-refractivity contribution is -0.114. The first-order chi connectivity index (χ1) is 15.7. The van der Waals surface area contributed by atoms with E-state index in [0.717, 1.165) is 31.2 Å². The zero-order valence-electron chi connectivity index (χ0n) is 19.3. The van der Waals surface area contributed by atoms with Gasteiger partial charge in [-0.25, -0.2) is 13.2 Å². The molecule has 0 bridgehead atoms. The number of anilines is 2. The average molecular weight is 474 g/mol. The molecule has 1 amide bonds. The maximum absolute atomic E-state index is 13.2. The van der Waals surface area contributed by atoms with Crippen LogP contribution in [-0.4, -0.2) is 51.3 Å². The summed E-state index contributed by atoms with van der Waals surface area (Å²) in [4.78, 5) is 24.5. The zero-order valence-corrected chi connectivity index (χ0v) is 20.1. The number of nitrogens with one attached hydrogen (secondary N) is 2. The van der Waals surface area contributed by atoms with E-state index >= 15 is 0 Å². The highest BCUT2D eigenvalue weighted by Crippen LogP contribution is 2.26. The molecule has 9 heteroatoms. The highest BCUT2D eigenvalue weighted by atomic mass is 32.2. The molecule has 0 radical (unpaired) electrons. The van der Waals surface area contributed by atoms with Gasteiger partial charge in [-0.3, -0.25) is 4.79 Å². The van der Waals surface area contributed by atoms with Crippen LogP contribution in [-0.2, 0) is 19.6 Å². The highest BCUT2D eigenvalue weighted by molar-refractivity contribution is 7.89. The molecule has 0 atom stereocenters. The zero-order chi connectivity index (χ0) is 24.0. The summed E-state index contributed by atoms with van der Waals surface area (Å²) in [7, 11) is -2.32. The number of methoxy groups -OCH3 is 1. The molecular formula is C24H31N3O5S. The fourth-order valence-electron chi connectivity index (χ4n) is 3.81. The number of nitrogens with zero attached hydrogens (tertiary/aromatic N) is 1.